The highest BCUT2D eigenvalue weighted by Gasteiger charge is 2.28. The lowest BCUT2D eigenvalue weighted by atomic mass is 10.1. The predicted octanol–water partition coefficient (Wildman–Crippen LogP) is 5.24. The van der Waals surface area contributed by atoms with Crippen molar-refractivity contribution in [1.29, 1.82) is 5.41 Å². The number of rotatable bonds is 7. The lowest BCUT2D eigenvalue weighted by Gasteiger charge is -2.25. The summed E-state index contributed by atoms with van der Waals surface area (Å²) in [7, 11) is 0. The molecule has 22 heavy (non-hydrogen) atoms. The number of alkyl halides is 2. The molecule has 1 heterocycles. The van der Waals surface area contributed by atoms with E-state index in [9.17, 15) is 8.78 Å². The second-order valence-corrected chi connectivity index (χ2v) is 6.19. The van der Waals surface area contributed by atoms with Crippen LogP contribution >= 0.6 is 15.9 Å². The highest BCUT2D eigenvalue weighted by molar-refractivity contribution is 9.11. The van der Waals surface area contributed by atoms with Crippen molar-refractivity contribution in [2.75, 3.05) is 4.90 Å². The number of hydrogen-bond donors (Lipinski definition) is 1. The molecule has 3 nitrogen and oxygen atoms in total. The van der Waals surface area contributed by atoms with Crippen molar-refractivity contribution in [1.82, 2.24) is 4.98 Å². The first kappa shape index (κ1) is 18.5. The van der Waals surface area contributed by atoms with Gasteiger partial charge in [-0.05, 0) is 49.9 Å². The molecule has 1 rings (SSSR count). The van der Waals surface area contributed by atoms with Crippen LogP contribution in [-0.2, 0) is 5.92 Å². The predicted molar refractivity (Wildman–Crippen MR) is 91.0 cm³/mol. The van der Waals surface area contributed by atoms with Crippen LogP contribution in [-0.4, -0.2) is 17.4 Å². The van der Waals surface area contributed by atoms with Crippen LogP contribution in [0.3, 0.4) is 0 Å². The van der Waals surface area contributed by atoms with Gasteiger partial charge in [-0.1, -0.05) is 28.1 Å². The van der Waals surface area contributed by atoms with Crippen molar-refractivity contribution in [3.63, 3.8) is 0 Å². The number of halogens is 3. The Labute approximate surface area is 138 Å². The van der Waals surface area contributed by atoms with Crippen molar-refractivity contribution in [3.05, 3.63) is 46.6 Å². The number of anilines is 1. The maximum Gasteiger partial charge on any atom is 0.293 e. The summed E-state index contributed by atoms with van der Waals surface area (Å²) in [4.78, 5) is 5.72. The summed E-state index contributed by atoms with van der Waals surface area (Å²) >= 11 is 3.36. The third kappa shape index (κ3) is 5.02. The van der Waals surface area contributed by atoms with E-state index in [1.54, 1.807) is 11.8 Å². The summed E-state index contributed by atoms with van der Waals surface area (Å²) in [5.41, 5.74) is -0.164. The number of nitrogens with one attached hydrogen (secondary N) is 1. The largest absolute Gasteiger partial charge is 0.315 e. The normalized spacial score (nSPS) is 14.2. The fourth-order valence-corrected chi connectivity index (χ4v) is 2.09. The zero-order valence-electron chi connectivity index (χ0n) is 12.9. The molecule has 1 atom stereocenters. The van der Waals surface area contributed by atoms with Crippen LogP contribution in [0, 0.1) is 5.41 Å². The first-order chi connectivity index (χ1) is 10.3. The third-order valence-corrected chi connectivity index (χ3v) is 3.45. The third-order valence-electron chi connectivity index (χ3n) is 3.13. The zero-order valence-corrected chi connectivity index (χ0v) is 14.4. The summed E-state index contributed by atoms with van der Waals surface area (Å²) in [6.45, 7) is 5.42. The van der Waals surface area contributed by atoms with E-state index >= 15 is 0 Å². The number of nitrogens with zero attached hydrogens (tertiary/aromatic N) is 2. The van der Waals surface area contributed by atoms with Crippen molar-refractivity contribution in [2.24, 2.45) is 0 Å². The molecule has 0 saturated heterocycles. The molecule has 0 spiro atoms. The zero-order chi connectivity index (χ0) is 16.8. The molecule has 0 aliphatic heterocycles. The summed E-state index contributed by atoms with van der Waals surface area (Å²) in [5.74, 6) is -2.56. The maximum atomic E-state index is 13.7. The smallest absolute Gasteiger partial charge is 0.293 e. The summed E-state index contributed by atoms with van der Waals surface area (Å²) in [6, 6.07) is 2.86. The van der Waals surface area contributed by atoms with Gasteiger partial charge in [0.2, 0.25) is 0 Å². The molecule has 6 heteroatoms. The van der Waals surface area contributed by atoms with Gasteiger partial charge >= 0.3 is 0 Å². The summed E-state index contributed by atoms with van der Waals surface area (Å²) in [6.07, 6.45) is 7.18. The SMILES string of the molecule is C/C=C/C(F)(F)c1ccc(N(C=N)C(C)C/C=C(/C)Br)nc1. The highest BCUT2D eigenvalue weighted by Crippen LogP contribution is 2.30. The molecule has 0 saturated carbocycles. The number of allylic oxidation sites excluding steroid dienone is 3. The quantitative estimate of drug-likeness (QED) is 0.404. The lowest BCUT2D eigenvalue weighted by Crippen LogP contribution is -2.31. The van der Waals surface area contributed by atoms with Crippen LogP contribution in [0.4, 0.5) is 14.6 Å². The minimum atomic E-state index is -3.03. The molecule has 120 valence electrons. The Kier molecular flexibility index (Phi) is 6.87. The Morgan fingerprint density at radius 1 is 1.50 bits per heavy atom. The minimum absolute atomic E-state index is 0.000558. The van der Waals surface area contributed by atoms with E-state index in [2.05, 4.69) is 20.9 Å². The van der Waals surface area contributed by atoms with E-state index in [1.165, 1.54) is 18.2 Å². The van der Waals surface area contributed by atoms with E-state index in [-0.39, 0.29) is 11.6 Å². The van der Waals surface area contributed by atoms with Crippen molar-refractivity contribution >= 4 is 28.1 Å². The molecule has 0 aromatic carbocycles. The molecule has 0 bridgehead atoms. The van der Waals surface area contributed by atoms with E-state index in [4.69, 9.17) is 5.41 Å². The van der Waals surface area contributed by atoms with Crippen LogP contribution in [0.1, 0.15) is 32.8 Å². The molecule has 0 radical (unpaired) electrons. The average molecular weight is 372 g/mol. The molecule has 0 amide bonds. The lowest BCUT2D eigenvalue weighted by molar-refractivity contribution is 0.0516. The van der Waals surface area contributed by atoms with Gasteiger partial charge in [-0.15, -0.1) is 0 Å². The van der Waals surface area contributed by atoms with Crippen molar-refractivity contribution in [2.45, 2.75) is 39.2 Å². The summed E-state index contributed by atoms with van der Waals surface area (Å²) < 4.78 is 28.5. The van der Waals surface area contributed by atoms with Crippen LogP contribution < -0.4 is 4.90 Å². The van der Waals surface area contributed by atoms with E-state index in [0.717, 1.165) is 23.1 Å². The number of hydrogen-bond acceptors (Lipinski definition) is 2. The van der Waals surface area contributed by atoms with Gasteiger partial charge in [-0.25, -0.2) is 4.98 Å². The number of pyridine rings is 1. The fourth-order valence-electron chi connectivity index (χ4n) is 1.91. The Morgan fingerprint density at radius 2 is 2.18 bits per heavy atom. The van der Waals surface area contributed by atoms with Crippen LogP contribution in [0.5, 0.6) is 0 Å². The topological polar surface area (TPSA) is 40.0 Å². The molecule has 1 aromatic rings. The van der Waals surface area contributed by atoms with Crippen LogP contribution in [0.15, 0.2) is 41.0 Å². The first-order valence-electron chi connectivity index (χ1n) is 6.91. The molecular weight excluding hydrogens is 352 g/mol. The second-order valence-electron chi connectivity index (χ2n) is 4.94. The van der Waals surface area contributed by atoms with E-state index in [0.29, 0.717) is 12.2 Å². The molecular formula is C16H20BrF2N3. The van der Waals surface area contributed by atoms with Gasteiger partial charge in [-0.3, -0.25) is 5.41 Å². The maximum absolute atomic E-state index is 13.7. The fraction of sp³-hybridized carbons (Fsp3) is 0.375. The first-order valence-corrected chi connectivity index (χ1v) is 7.70. The van der Waals surface area contributed by atoms with E-state index < -0.39 is 5.92 Å². The van der Waals surface area contributed by atoms with Gasteiger partial charge in [0.25, 0.3) is 5.92 Å². The molecule has 0 aliphatic carbocycles. The molecule has 1 aromatic heterocycles. The summed E-state index contributed by atoms with van der Waals surface area (Å²) in [5, 5.41) is 7.53. The molecule has 0 aliphatic rings. The Hall–Kier alpha value is -1.56. The molecule has 1 unspecified atom stereocenters. The standard InChI is InChI=1S/C16H20BrF2N3/c1-4-9-16(18,19)14-7-8-15(21-10-14)22(11-20)13(3)6-5-12(2)17/h4-5,7-11,13,20H,6H2,1-3H3/b9-4+,12-5-,20-11?. The molecule has 1 N–H and O–H groups in total. The molecule has 0 fully saturated rings. The Balaban J connectivity index is 2.96. The van der Waals surface area contributed by atoms with E-state index in [1.807, 2.05) is 19.9 Å². The van der Waals surface area contributed by atoms with Crippen molar-refractivity contribution in [3.8, 4) is 0 Å². The number of aromatic nitrogens is 1. The minimum Gasteiger partial charge on any atom is -0.315 e. The van der Waals surface area contributed by atoms with Gasteiger partial charge in [0.05, 0.1) is 6.34 Å². The van der Waals surface area contributed by atoms with Crippen LogP contribution in [0.25, 0.3) is 0 Å². The Bertz CT molecular complexity index is 549. The van der Waals surface area contributed by atoms with Gasteiger partial charge in [0.15, 0.2) is 0 Å². The van der Waals surface area contributed by atoms with Crippen LogP contribution in [0.2, 0.25) is 0 Å². The van der Waals surface area contributed by atoms with Gasteiger partial charge in [0, 0.05) is 17.8 Å². The van der Waals surface area contributed by atoms with Gasteiger partial charge < -0.3 is 4.90 Å². The van der Waals surface area contributed by atoms with Gasteiger partial charge in [-0.2, -0.15) is 8.78 Å². The van der Waals surface area contributed by atoms with Gasteiger partial charge in [0.1, 0.15) is 5.82 Å². The monoisotopic (exact) mass is 371 g/mol. The second kappa shape index (κ2) is 8.17. The highest BCUT2D eigenvalue weighted by atomic mass is 79.9. The Morgan fingerprint density at radius 3 is 2.64 bits per heavy atom. The average Bonchev–Trinajstić information content (AvgIpc) is 2.46. The van der Waals surface area contributed by atoms with Crippen molar-refractivity contribution < 1.29 is 8.78 Å².